The summed E-state index contributed by atoms with van der Waals surface area (Å²) in [4.78, 5) is 2.36. The molecular weight excluding hydrogens is 280 g/mol. The van der Waals surface area contributed by atoms with E-state index in [0.717, 1.165) is 31.5 Å². The van der Waals surface area contributed by atoms with Crippen LogP contribution < -0.4 is 10.1 Å². The molecule has 0 saturated heterocycles. The number of rotatable bonds is 10. The Morgan fingerprint density at radius 2 is 2.24 bits per heavy atom. The van der Waals surface area contributed by atoms with Crippen LogP contribution in [0.15, 0.2) is 24.3 Å². The molecule has 1 aromatic rings. The van der Waals surface area contributed by atoms with Gasteiger partial charge in [0, 0.05) is 30.9 Å². The minimum absolute atomic E-state index is 0.595. The van der Waals surface area contributed by atoms with E-state index < -0.39 is 0 Å². The van der Waals surface area contributed by atoms with E-state index in [1.807, 2.05) is 17.8 Å². The van der Waals surface area contributed by atoms with Crippen LogP contribution in [0.4, 0.5) is 0 Å². The van der Waals surface area contributed by atoms with Gasteiger partial charge in [0.2, 0.25) is 0 Å². The fourth-order valence-corrected chi connectivity index (χ4v) is 2.93. The molecule has 1 aliphatic rings. The van der Waals surface area contributed by atoms with Crippen molar-refractivity contribution in [3.63, 3.8) is 0 Å². The van der Waals surface area contributed by atoms with Gasteiger partial charge in [0.15, 0.2) is 0 Å². The molecule has 4 heteroatoms. The monoisotopic (exact) mass is 308 g/mol. The molecule has 1 unspecified atom stereocenters. The first-order chi connectivity index (χ1) is 10.2. The summed E-state index contributed by atoms with van der Waals surface area (Å²) in [5, 5.41) is 3.54. The molecule has 1 N–H and O–H groups in total. The lowest BCUT2D eigenvalue weighted by molar-refractivity contribution is 0.210. The Kier molecular flexibility index (Phi) is 6.87. The van der Waals surface area contributed by atoms with E-state index in [1.165, 1.54) is 24.2 Å². The molecule has 1 fully saturated rings. The lowest BCUT2D eigenvalue weighted by Crippen LogP contribution is -2.34. The summed E-state index contributed by atoms with van der Waals surface area (Å²) in [6, 6.07) is 9.79. The molecule has 0 spiro atoms. The smallest absolute Gasteiger partial charge is 0.119 e. The highest BCUT2D eigenvalue weighted by molar-refractivity contribution is 7.98. The van der Waals surface area contributed by atoms with Gasteiger partial charge in [-0.1, -0.05) is 12.1 Å². The number of thioether (sulfide) groups is 1. The highest BCUT2D eigenvalue weighted by Crippen LogP contribution is 2.20. The lowest BCUT2D eigenvalue weighted by Gasteiger charge is -2.23. The molecule has 118 valence electrons. The van der Waals surface area contributed by atoms with Crippen molar-refractivity contribution in [3.8, 4) is 5.75 Å². The Balaban J connectivity index is 1.70. The number of ether oxygens (including phenoxy) is 1. The van der Waals surface area contributed by atoms with Gasteiger partial charge in [0.1, 0.15) is 12.4 Å². The van der Waals surface area contributed by atoms with E-state index in [2.05, 4.69) is 48.6 Å². The molecule has 0 amide bonds. The van der Waals surface area contributed by atoms with E-state index in [1.54, 1.807) is 0 Å². The Labute approximate surface area is 133 Å². The zero-order valence-electron chi connectivity index (χ0n) is 13.5. The van der Waals surface area contributed by atoms with Crippen LogP contribution in [0.2, 0.25) is 0 Å². The topological polar surface area (TPSA) is 24.5 Å². The van der Waals surface area contributed by atoms with Crippen molar-refractivity contribution >= 4 is 11.8 Å². The second kappa shape index (κ2) is 8.66. The molecule has 21 heavy (non-hydrogen) atoms. The molecule has 1 atom stereocenters. The normalized spacial score (nSPS) is 16.2. The molecule has 1 saturated carbocycles. The van der Waals surface area contributed by atoms with Gasteiger partial charge in [-0.15, -0.1) is 0 Å². The maximum atomic E-state index is 5.89. The second-order valence-corrected chi connectivity index (χ2v) is 6.85. The van der Waals surface area contributed by atoms with Gasteiger partial charge in [-0.3, -0.25) is 4.90 Å². The van der Waals surface area contributed by atoms with Gasteiger partial charge in [-0.2, -0.15) is 11.8 Å². The van der Waals surface area contributed by atoms with Crippen LogP contribution >= 0.6 is 11.8 Å². The van der Waals surface area contributed by atoms with Gasteiger partial charge in [-0.05, 0) is 50.8 Å². The largest absolute Gasteiger partial charge is 0.492 e. The molecule has 2 rings (SSSR count). The minimum Gasteiger partial charge on any atom is -0.492 e. The quantitative estimate of drug-likeness (QED) is 0.718. The van der Waals surface area contributed by atoms with Crippen LogP contribution in [0.1, 0.15) is 25.3 Å². The van der Waals surface area contributed by atoms with Crippen molar-refractivity contribution in [1.29, 1.82) is 0 Å². The van der Waals surface area contributed by atoms with Crippen LogP contribution in [0.3, 0.4) is 0 Å². The first-order valence-electron chi connectivity index (χ1n) is 7.83. The molecule has 0 radical (unpaired) electrons. The number of nitrogens with zero attached hydrogens (tertiary/aromatic N) is 1. The summed E-state index contributed by atoms with van der Waals surface area (Å²) >= 11 is 1.89. The van der Waals surface area contributed by atoms with Crippen LogP contribution in [-0.4, -0.2) is 49.2 Å². The fourth-order valence-electron chi connectivity index (χ4n) is 2.19. The molecular formula is C17H28N2OS. The molecule has 3 nitrogen and oxygen atoms in total. The Hall–Kier alpha value is -0.710. The van der Waals surface area contributed by atoms with Crippen molar-refractivity contribution in [1.82, 2.24) is 10.2 Å². The Bertz CT molecular complexity index is 423. The second-order valence-electron chi connectivity index (χ2n) is 5.94. The van der Waals surface area contributed by atoms with Gasteiger partial charge in [0.25, 0.3) is 0 Å². The van der Waals surface area contributed by atoms with Gasteiger partial charge >= 0.3 is 0 Å². The average molecular weight is 308 g/mol. The maximum absolute atomic E-state index is 5.89. The molecule has 0 bridgehead atoms. The Morgan fingerprint density at radius 1 is 1.43 bits per heavy atom. The SMILES string of the molecule is CSCC(C)N(C)CCOc1cccc(CNC2CC2)c1. The number of nitrogens with one attached hydrogen (secondary N) is 1. The predicted octanol–water partition coefficient (Wildman–Crippen LogP) is 3.00. The third-order valence-corrected chi connectivity index (χ3v) is 4.76. The van der Waals surface area contributed by atoms with Gasteiger partial charge in [-0.25, -0.2) is 0 Å². The van der Waals surface area contributed by atoms with Crippen molar-refractivity contribution in [2.45, 2.75) is 38.4 Å². The van der Waals surface area contributed by atoms with Gasteiger partial charge < -0.3 is 10.1 Å². The van der Waals surface area contributed by atoms with Gasteiger partial charge in [0.05, 0.1) is 0 Å². The van der Waals surface area contributed by atoms with Crippen LogP contribution in [0.25, 0.3) is 0 Å². The van der Waals surface area contributed by atoms with E-state index in [4.69, 9.17) is 4.74 Å². The van der Waals surface area contributed by atoms with E-state index in [-0.39, 0.29) is 0 Å². The summed E-state index contributed by atoms with van der Waals surface area (Å²) in [5.74, 6) is 2.15. The van der Waals surface area contributed by atoms with E-state index >= 15 is 0 Å². The first kappa shape index (κ1) is 16.7. The molecule has 0 heterocycles. The number of hydrogen-bond donors (Lipinski definition) is 1. The highest BCUT2D eigenvalue weighted by Gasteiger charge is 2.19. The molecule has 0 aliphatic heterocycles. The Morgan fingerprint density at radius 3 is 2.95 bits per heavy atom. The van der Waals surface area contributed by atoms with Crippen molar-refractivity contribution in [3.05, 3.63) is 29.8 Å². The lowest BCUT2D eigenvalue weighted by atomic mass is 10.2. The predicted molar refractivity (Wildman–Crippen MR) is 92.3 cm³/mol. The van der Waals surface area contributed by atoms with Crippen LogP contribution in [0.5, 0.6) is 5.75 Å². The standard InChI is InChI=1S/C17H28N2OS/c1-14(13-21-3)19(2)9-10-20-17-6-4-5-15(11-17)12-18-16-7-8-16/h4-6,11,14,16,18H,7-10,12-13H2,1-3H3. The zero-order chi connectivity index (χ0) is 15.1. The highest BCUT2D eigenvalue weighted by atomic mass is 32.2. The van der Waals surface area contributed by atoms with Crippen molar-refractivity contribution in [2.24, 2.45) is 0 Å². The van der Waals surface area contributed by atoms with E-state index in [9.17, 15) is 0 Å². The van der Waals surface area contributed by atoms with E-state index in [0.29, 0.717) is 6.04 Å². The maximum Gasteiger partial charge on any atom is 0.119 e. The fraction of sp³-hybridized carbons (Fsp3) is 0.647. The summed E-state index contributed by atoms with van der Waals surface area (Å²) in [5.41, 5.74) is 1.31. The van der Waals surface area contributed by atoms with Crippen LogP contribution in [-0.2, 0) is 6.54 Å². The number of likely N-dealkylation sites (N-methyl/N-ethyl adjacent to an activating group) is 1. The number of benzene rings is 1. The van der Waals surface area contributed by atoms with Crippen molar-refractivity contribution in [2.75, 3.05) is 32.2 Å². The third kappa shape index (κ3) is 6.29. The zero-order valence-corrected chi connectivity index (χ0v) is 14.3. The molecule has 1 aliphatic carbocycles. The summed E-state index contributed by atoms with van der Waals surface area (Å²) < 4.78 is 5.89. The summed E-state index contributed by atoms with van der Waals surface area (Å²) in [6.07, 6.45) is 4.82. The molecule has 0 aromatic heterocycles. The minimum atomic E-state index is 0.595. The van der Waals surface area contributed by atoms with Crippen LogP contribution in [0, 0.1) is 0 Å². The summed E-state index contributed by atoms with van der Waals surface area (Å²) in [6.45, 7) is 4.92. The van der Waals surface area contributed by atoms with Crippen molar-refractivity contribution < 1.29 is 4.74 Å². The summed E-state index contributed by atoms with van der Waals surface area (Å²) in [7, 11) is 2.17. The average Bonchev–Trinajstić information content (AvgIpc) is 3.30. The first-order valence-corrected chi connectivity index (χ1v) is 9.22. The third-order valence-electron chi connectivity index (χ3n) is 3.94. The molecule has 1 aromatic carbocycles. The number of hydrogen-bond acceptors (Lipinski definition) is 4.